The Morgan fingerprint density at radius 1 is 1.00 bits per heavy atom. The molecule has 4 nitrogen and oxygen atoms in total. The molecule has 3 rings (SSSR count). The second kappa shape index (κ2) is 7.18. The Bertz CT molecular complexity index is 928. The summed E-state index contributed by atoms with van der Waals surface area (Å²) in [4.78, 5) is 13.2. The second-order valence-corrected chi connectivity index (χ2v) is 6.09. The molecule has 0 bridgehead atoms. The van der Waals surface area contributed by atoms with Crippen LogP contribution in [0.25, 0.3) is 23.1 Å². The zero-order chi connectivity index (χ0) is 17.8. The Morgan fingerprint density at radius 3 is 2.40 bits per heavy atom. The van der Waals surface area contributed by atoms with E-state index in [4.69, 9.17) is 0 Å². The van der Waals surface area contributed by atoms with Gasteiger partial charge in [-0.1, -0.05) is 24.3 Å². The summed E-state index contributed by atoms with van der Waals surface area (Å²) >= 11 is 0. The molecule has 3 aromatic rings. The number of aliphatic carboxylic acids is 1. The molecular formula is C21H20N2O2. The molecule has 0 amide bonds. The summed E-state index contributed by atoms with van der Waals surface area (Å²) < 4.78 is 1.76. The number of para-hydroxylation sites is 1. The molecule has 126 valence electrons. The van der Waals surface area contributed by atoms with Gasteiger partial charge in [0.15, 0.2) is 6.54 Å². The Morgan fingerprint density at radius 2 is 1.72 bits per heavy atom. The lowest BCUT2D eigenvalue weighted by molar-refractivity contribution is -0.667. The number of aromatic nitrogens is 1. The summed E-state index contributed by atoms with van der Waals surface area (Å²) in [6.07, 6.45) is 3.91. The van der Waals surface area contributed by atoms with E-state index in [2.05, 4.69) is 12.1 Å². The maximum atomic E-state index is 11.2. The number of hydrogen-bond acceptors (Lipinski definition) is 3. The third kappa shape index (κ3) is 3.86. The molecule has 0 aliphatic rings. The fraction of sp³-hybridized carbons (Fsp3) is 0.143. The number of carboxylic acid groups (broad SMARTS) is 1. The minimum Gasteiger partial charge on any atom is -0.544 e. The third-order valence-corrected chi connectivity index (χ3v) is 4.12. The van der Waals surface area contributed by atoms with Crippen LogP contribution in [0.5, 0.6) is 0 Å². The number of fused-ring (bicyclic) bond motifs is 1. The van der Waals surface area contributed by atoms with Crippen LogP contribution in [0.1, 0.15) is 11.3 Å². The first-order valence-electron chi connectivity index (χ1n) is 8.11. The van der Waals surface area contributed by atoms with Gasteiger partial charge in [-0.25, -0.2) is 0 Å². The number of benzene rings is 2. The van der Waals surface area contributed by atoms with Gasteiger partial charge in [-0.15, -0.1) is 0 Å². The van der Waals surface area contributed by atoms with E-state index in [0.29, 0.717) is 0 Å². The predicted molar refractivity (Wildman–Crippen MR) is 98.8 cm³/mol. The summed E-state index contributed by atoms with van der Waals surface area (Å²) in [6, 6.07) is 19.8. The Balaban J connectivity index is 1.98. The maximum absolute atomic E-state index is 11.2. The van der Waals surface area contributed by atoms with Gasteiger partial charge < -0.3 is 14.8 Å². The first kappa shape index (κ1) is 16.7. The summed E-state index contributed by atoms with van der Waals surface area (Å²) in [7, 11) is 4.01. The molecule has 0 saturated carbocycles. The lowest BCUT2D eigenvalue weighted by Gasteiger charge is -2.11. The number of carbonyl (C=O) groups is 1. The standard InChI is InChI=1S/C21H20N2O2/c1-22(2)18-11-7-16(8-12-18)9-13-19-14-10-17-5-3-4-6-20(17)23(19)15-21(24)25/h3-14H,15H2,1-2H3. The average molecular weight is 332 g/mol. The highest BCUT2D eigenvalue weighted by Gasteiger charge is 2.13. The van der Waals surface area contributed by atoms with E-state index in [1.54, 1.807) is 4.57 Å². The molecule has 0 fully saturated rings. The summed E-state index contributed by atoms with van der Waals surface area (Å²) in [5.41, 5.74) is 3.88. The maximum Gasteiger partial charge on any atom is 0.213 e. The summed E-state index contributed by atoms with van der Waals surface area (Å²) in [5, 5.41) is 12.2. The smallest absolute Gasteiger partial charge is 0.213 e. The number of carboxylic acids is 1. The van der Waals surface area contributed by atoms with Crippen LogP contribution in [0.4, 0.5) is 5.69 Å². The molecule has 0 spiro atoms. The van der Waals surface area contributed by atoms with Crippen molar-refractivity contribution in [3.8, 4) is 0 Å². The van der Waals surface area contributed by atoms with Gasteiger partial charge >= 0.3 is 0 Å². The van der Waals surface area contributed by atoms with Gasteiger partial charge in [-0.3, -0.25) is 0 Å². The Kier molecular flexibility index (Phi) is 4.80. The van der Waals surface area contributed by atoms with E-state index in [-0.39, 0.29) is 6.54 Å². The minimum absolute atomic E-state index is 0.180. The van der Waals surface area contributed by atoms with Crippen molar-refractivity contribution in [3.63, 3.8) is 0 Å². The highest BCUT2D eigenvalue weighted by Crippen LogP contribution is 2.15. The van der Waals surface area contributed by atoms with Crippen molar-refractivity contribution in [1.82, 2.24) is 0 Å². The van der Waals surface area contributed by atoms with Crippen LogP contribution in [-0.4, -0.2) is 20.1 Å². The monoisotopic (exact) mass is 332 g/mol. The van der Waals surface area contributed by atoms with Crippen LogP contribution in [0.3, 0.4) is 0 Å². The first-order valence-corrected chi connectivity index (χ1v) is 8.11. The molecular weight excluding hydrogens is 312 g/mol. The average Bonchev–Trinajstić information content (AvgIpc) is 2.61. The van der Waals surface area contributed by atoms with Crippen LogP contribution < -0.4 is 14.6 Å². The molecule has 4 heteroatoms. The minimum atomic E-state index is -1.11. The normalized spacial score (nSPS) is 11.1. The van der Waals surface area contributed by atoms with Crippen molar-refractivity contribution < 1.29 is 14.5 Å². The molecule has 0 unspecified atom stereocenters. The van der Waals surface area contributed by atoms with Gasteiger partial charge in [0.25, 0.3) is 0 Å². The highest BCUT2D eigenvalue weighted by molar-refractivity contribution is 5.78. The molecule has 0 aliphatic carbocycles. The number of carbonyl (C=O) groups excluding carboxylic acids is 1. The van der Waals surface area contributed by atoms with E-state index in [0.717, 1.165) is 27.8 Å². The van der Waals surface area contributed by atoms with E-state index >= 15 is 0 Å². The topological polar surface area (TPSA) is 47.2 Å². The van der Waals surface area contributed by atoms with E-state index in [1.807, 2.05) is 79.7 Å². The van der Waals surface area contributed by atoms with Gasteiger partial charge in [0.2, 0.25) is 11.2 Å². The van der Waals surface area contributed by atoms with Crippen LogP contribution >= 0.6 is 0 Å². The molecule has 2 aromatic carbocycles. The third-order valence-electron chi connectivity index (χ3n) is 4.12. The lowest BCUT2D eigenvalue weighted by Crippen LogP contribution is -2.46. The molecule has 1 aromatic heterocycles. The van der Waals surface area contributed by atoms with Crippen LogP contribution in [0, 0.1) is 0 Å². The summed E-state index contributed by atoms with van der Waals surface area (Å²) in [5.74, 6) is -1.11. The van der Waals surface area contributed by atoms with E-state index < -0.39 is 5.97 Å². The Hall–Kier alpha value is -3.14. The van der Waals surface area contributed by atoms with Crippen LogP contribution in [0.15, 0.2) is 60.7 Å². The molecule has 1 heterocycles. The zero-order valence-electron chi connectivity index (χ0n) is 14.3. The van der Waals surface area contributed by atoms with Crippen molar-refractivity contribution in [2.45, 2.75) is 6.54 Å². The summed E-state index contributed by atoms with van der Waals surface area (Å²) in [6.45, 7) is -0.180. The molecule has 0 aliphatic heterocycles. The van der Waals surface area contributed by atoms with Crippen LogP contribution in [0.2, 0.25) is 0 Å². The Labute approximate surface area is 147 Å². The van der Waals surface area contributed by atoms with Gasteiger partial charge in [0.1, 0.15) is 5.97 Å². The van der Waals surface area contributed by atoms with Gasteiger partial charge in [0.05, 0.1) is 0 Å². The number of pyridine rings is 1. The van der Waals surface area contributed by atoms with Crippen molar-refractivity contribution in [1.29, 1.82) is 0 Å². The molecule has 0 saturated heterocycles. The quantitative estimate of drug-likeness (QED) is 0.673. The molecule has 0 radical (unpaired) electrons. The number of rotatable bonds is 5. The predicted octanol–water partition coefficient (Wildman–Crippen LogP) is 2.11. The highest BCUT2D eigenvalue weighted by atomic mass is 16.4. The van der Waals surface area contributed by atoms with Crippen molar-refractivity contribution >= 4 is 34.7 Å². The number of nitrogens with zero attached hydrogens (tertiary/aromatic N) is 2. The number of hydrogen-bond donors (Lipinski definition) is 0. The van der Waals surface area contributed by atoms with Gasteiger partial charge in [-0.05, 0) is 35.9 Å². The van der Waals surface area contributed by atoms with Crippen molar-refractivity contribution in [3.05, 3.63) is 71.9 Å². The SMILES string of the molecule is CN(C)c1ccc(/C=C/c2ccc3ccccc3[n+]2CC(=O)[O-])cc1. The first-order chi connectivity index (χ1) is 12.0. The fourth-order valence-electron chi connectivity index (χ4n) is 2.79. The molecule has 25 heavy (non-hydrogen) atoms. The van der Waals surface area contributed by atoms with Crippen molar-refractivity contribution in [2.24, 2.45) is 0 Å². The largest absolute Gasteiger partial charge is 0.544 e. The lowest BCUT2D eigenvalue weighted by atomic mass is 10.1. The molecule has 0 atom stereocenters. The van der Waals surface area contributed by atoms with E-state index in [1.165, 1.54) is 0 Å². The van der Waals surface area contributed by atoms with E-state index in [9.17, 15) is 9.90 Å². The van der Waals surface area contributed by atoms with Gasteiger partial charge in [0, 0.05) is 43.4 Å². The second-order valence-electron chi connectivity index (χ2n) is 6.09. The van der Waals surface area contributed by atoms with Crippen molar-refractivity contribution in [2.75, 3.05) is 19.0 Å². The number of anilines is 1. The molecule has 0 N–H and O–H groups in total. The van der Waals surface area contributed by atoms with Gasteiger partial charge in [-0.2, -0.15) is 4.57 Å². The zero-order valence-corrected chi connectivity index (χ0v) is 14.3. The van der Waals surface area contributed by atoms with Crippen LogP contribution in [-0.2, 0) is 11.3 Å². The fourth-order valence-corrected chi connectivity index (χ4v) is 2.79.